The van der Waals surface area contributed by atoms with Gasteiger partial charge in [-0.25, -0.2) is 0 Å². The molecule has 2 rings (SSSR count). The second-order valence-corrected chi connectivity index (χ2v) is 5.60. The summed E-state index contributed by atoms with van der Waals surface area (Å²) >= 11 is 3.43. The summed E-state index contributed by atoms with van der Waals surface area (Å²) in [7, 11) is 1.90. The molecule has 0 fully saturated rings. The van der Waals surface area contributed by atoms with E-state index < -0.39 is 0 Å². The van der Waals surface area contributed by atoms with Gasteiger partial charge in [-0.05, 0) is 45.1 Å². The second kappa shape index (κ2) is 10.0. The van der Waals surface area contributed by atoms with Gasteiger partial charge in [0.2, 0.25) is 0 Å². The van der Waals surface area contributed by atoms with Crippen LogP contribution in [0.4, 0.5) is 0 Å². The summed E-state index contributed by atoms with van der Waals surface area (Å²) in [6.07, 6.45) is 0.912. The molecule has 0 aliphatic rings. The summed E-state index contributed by atoms with van der Waals surface area (Å²) < 4.78 is 0.962. The number of carbonyl (C=O) groups is 1. The van der Waals surface area contributed by atoms with Crippen LogP contribution in [0.3, 0.4) is 0 Å². The van der Waals surface area contributed by atoms with E-state index >= 15 is 0 Å². The molecule has 0 atom stereocenters. The van der Waals surface area contributed by atoms with Crippen LogP contribution in [0, 0.1) is 6.92 Å². The van der Waals surface area contributed by atoms with E-state index in [-0.39, 0.29) is 30.7 Å². The van der Waals surface area contributed by atoms with Gasteiger partial charge in [0.15, 0.2) is 0 Å². The zero-order valence-corrected chi connectivity index (χ0v) is 15.7. The number of halogens is 3. The lowest BCUT2D eigenvalue weighted by Crippen LogP contribution is -2.26. The fourth-order valence-corrected chi connectivity index (χ4v) is 2.43. The van der Waals surface area contributed by atoms with Gasteiger partial charge < -0.3 is 10.6 Å². The van der Waals surface area contributed by atoms with Crippen LogP contribution in [-0.2, 0) is 0 Å². The van der Waals surface area contributed by atoms with Crippen LogP contribution >= 0.6 is 40.7 Å². The molecule has 2 aromatic rings. The van der Waals surface area contributed by atoms with E-state index in [2.05, 4.69) is 31.5 Å². The van der Waals surface area contributed by atoms with Crippen molar-refractivity contribution in [2.75, 3.05) is 20.1 Å². The first-order chi connectivity index (χ1) is 9.61. The molecule has 0 saturated carbocycles. The van der Waals surface area contributed by atoms with Crippen LogP contribution in [0.15, 0.2) is 28.7 Å². The number of pyridine rings is 1. The van der Waals surface area contributed by atoms with Crippen LogP contribution in [0.5, 0.6) is 0 Å². The van der Waals surface area contributed by atoms with E-state index in [1.807, 2.05) is 38.2 Å². The molecule has 1 heterocycles. The highest BCUT2D eigenvalue weighted by Gasteiger charge is 2.11. The van der Waals surface area contributed by atoms with Gasteiger partial charge in [-0.2, -0.15) is 0 Å². The van der Waals surface area contributed by atoms with Crippen molar-refractivity contribution in [2.45, 2.75) is 13.3 Å². The molecule has 0 aliphatic carbocycles. The molecule has 0 saturated heterocycles. The molecule has 1 amide bonds. The maximum atomic E-state index is 12.3. The number of hydrogen-bond acceptors (Lipinski definition) is 3. The minimum Gasteiger partial charge on any atom is -0.352 e. The first kappa shape index (κ1) is 21.1. The number of nitrogens with one attached hydrogen (secondary N) is 2. The lowest BCUT2D eigenvalue weighted by molar-refractivity contribution is 0.0955. The minimum absolute atomic E-state index is 0. The maximum Gasteiger partial charge on any atom is 0.252 e. The number of rotatable bonds is 5. The molecule has 1 aromatic carbocycles. The van der Waals surface area contributed by atoms with Gasteiger partial charge in [-0.1, -0.05) is 22.0 Å². The van der Waals surface area contributed by atoms with Crippen molar-refractivity contribution >= 4 is 57.6 Å². The Labute approximate surface area is 151 Å². The van der Waals surface area contributed by atoms with Crippen LogP contribution in [0.25, 0.3) is 10.9 Å². The highest BCUT2D eigenvalue weighted by atomic mass is 79.9. The molecule has 22 heavy (non-hydrogen) atoms. The van der Waals surface area contributed by atoms with Gasteiger partial charge in [0.05, 0.1) is 11.1 Å². The zero-order valence-electron chi connectivity index (χ0n) is 12.5. The molecule has 0 unspecified atom stereocenters. The molecular formula is C15H20BrCl2N3O. The lowest BCUT2D eigenvalue weighted by Gasteiger charge is -2.09. The van der Waals surface area contributed by atoms with Crippen molar-refractivity contribution in [1.82, 2.24) is 15.6 Å². The Morgan fingerprint density at radius 2 is 1.95 bits per heavy atom. The monoisotopic (exact) mass is 407 g/mol. The van der Waals surface area contributed by atoms with E-state index in [0.717, 1.165) is 34.0 Å². The fourth-order valence-electron chi connectivity index (χ4n) is 2.08. The molecule has 1 aromatic heterocycles. The molecule has 4 nitrogen and oxygen atoms in total. The average molecular weight is 409 g/mol. The third kappa shape index (κ3) is 5.39. The Kier molecular flexibility index (Phi) is 9.60. The predicted molar refractivity (Wildman–Crippen MR) is 99.6 cm³/mol. The third-order valence-corrected chi connectivity index (χ3v) is 3.53. The Morgan fingerprint density at radius 3 is 2.64 bits per heavy atom. The number of fused-ring (bicyclic) bond motifs is 1. The van der Waals surface area contributed by atoms with Crippen LogP contribution in [0.1, 0.15) is 22.5 Å². The van der Waals surface area contributed by atoms with Crippen molar-refractivity contribution in [3.63, 3.8) is 0 Å². The molecule has 7 heteroatoms. The average Bonchev–Trinajstić information content (AvgIpc) is 2.42. The van der Waals surface area contributed by atoms with Gasteiger partial charge in [0, 0.05) is 22.1 Å². The highest BCUT2D eigenvalue weighted by molar-refractivity contribution is 9.10. The largest absolute Gasteiger partial charge is 0.352 e. The molecular weight excluding hydrogens is 389 g/mol. The quantitative estimate of drug-likeness (QED) is 0.744. The normalized spacial score (nSPS) is 9.77. The van der Waals surface area contributed by atoms with E-state index in [1.54, 1.807) is 0 Å². The number of nitrogens with zero attached hydrogens (tertiary/aromatic N) is 1. The van der Waals surface area contributed by atoms with Crippen molar-refractivity contribution in [2.24, 2.45) is 0 Å². The first-order valence-corrected chi connectivity index (χ1v) is 7.41. The molecule has 0 radical (unpaired) electrons. The first-order valence-electron chi connectivity index (χ1n) is 6.61. The van der Waals surface area contributed by atoms with E-state index in [9.17, 15) is 4.79 Å². The van der Waals surface area contributed by atoms with E-state index in [1.165, 1.54) is 0 Å². The summed E-state index contributed by atoms with van der Waals surface area (Å²) in [5.74, 6) is -0.0427. The lowest BCUT2D eigenvalue weighted by atomic mass is 10.1. The van der Waals surface area contributed by atoms with Crippen molar-refractivity contribution in [3.8, 4) is 0 Å². The SMILES string of the molecule is CNCCCNC(=O)c1cc(C)nc2cc(Br)ccc12.Cl.Cl. The summed E-state index contributed by atoms with van der Waals surface area (Å²) in [5, 5.41) is 6.89. The van der Waals surface area contributed by atoms with Crippen molar-refractivity contribution in [1.29, 1.82) is 0 Å². The fraction of sp³-hybridized carbons (Fsp3) is 0.333. The minimum atomic E-state index is -0.0427. The second-order valence-electron chi connectivity index (χ2n) is 4.69. The molecule has 0 bridgehead atoms. The molecule has 0 spiro atoms. The van der Waals surface area contributed by atoms with E-state index in [0.29, 0.717) is 12.1 Å². The van der Waals surface area contributed by atoms with Gasteiger partial charge in [-0.15, -0.1) is 24.8 Å². The highest BCUT2D eigenvalue weighted by Crippen LogP contribution is 2.22. The number of carbonyl (C=O) groups excluding carboxylic acids is 1. The predicted octanol–water partition coefficient (Wildman–Crippen LogP) is 3.49. The number of aromatic nitrogens is 1. The van der Waals surface area contributed by atoms with Crippen LogP contribution < -0.4 is 10.6 Å². The summed E-state index contributed by atoms with van der Waals surface area (Å²) in [6, 6.07) is 7.62. The molecule has 122 valence electrons. The summed E-state index contributed by atoms with van der Waals surface area (Å²) in [4.78, 5) is 16.8. The topological polar surface area (TPSA) is 54.0 Å². The Morgan fingerprint density at radius 1 is 1.23 bits per heavy atom. The Balaban J connectivity index is 0.00000220. The van der Waals surface area contributed by atoms with Gasteiger partial charge in [0.1, 0.15) is 0 Å². The smallest absolute Gasteiger partial charge is 0.252 e. The van der Waals surface area contributed by atoms with Crippen molar-refractivity contribution in [3.05, 3.63) is 40.0 Å². The Bertz CT molecular complexity index is 632. The summed E-state index contributed by atoms with van der Waals surface area (Å²) in [6.45, 7) is 3.46. The van der Waals surface area contributed by atoms with Crippen LogP contribution in [0.2, 0.25) is 0 Å². The van der Waals surface area contributed by atoms with Gasteiger partial charge in [0.25, 0.3) is 5.91 Å². The number of amides is 1. The number of aryl methyl sites for hydroxylation is 1. The standard InChI is InChI=1S/C15H18BrN3O.2ClH/c1-10-8-13(15(20)18-7-3-6-17-2)12-5-4-11(16)9-14(12)19-10;;/h4-5,8-9,17H,3,6-7H2,1-2H3,(H,18,20);2*1H. The number of hydrogen-bond donors (Lipinski definition) is 2. The van der Waals surface area contributed by atoms with E-state index in [4.69, 9.17) is 0 Å². The maximum absolute atomic E-state index is 12.3. The molecule has 2 N–H and O–H groups in total. The Hall–Kier alpha value is -0.880. The zero-order chi connectivity index (χ0) is 14.5. The molecule has 0 aliphatic heterocycles. The summed E-state index contributed by atoms with van der Waals surface area (Å²) in [5.41, 5.74) is 2.36. The third-order valence-electron chi connectivity index (χ3n) is 3.03. The number of benzene rings is 1. The van der Waals surface area contributed by atoms with Crippen LogP contribution in [-0.4, -0.2) is 31.0 Å². The van der Waals surface area contributed by atoms with Gasteiger partial charge >= 0.3 is 0 Å². The van der Waals surface area contributed by atoms with Crippen molar-refractivity contribution < 1.29 is 4.79 Å². The van der Waals surface area contributed by atoms with Gasteiger partial charge in [-0.3, -0.25) is 9.78 Å².